The zero-order chi connectivity index (χ0) is 20.4. The van der Waals surface area contributed by atoms with Gasteiger partial charge in [-0.3, -0.25) is 4.79 Å². The number of carbonyl (C=O) groups is 1. The smallest absolute Gasteiger partial charge is 0.249 e. The molecule has 0 radical (unpaired) electrons. The number of ether oxygens (including phenoxy) is 3. The monoisotopic (exact) mass is 394 g/mol. The highest BCUT2D eigenvalue weighted by atomic mass is 16.5. The number of rotatable bonds is 6. The van der Waals surface area contributed by atoms with Gasteiger partial charge in [0.15, 0.2) is 11.5 Å². The van der Waals surface area contributed by atoms with Crippen LogP contribution in [0.25, 0.3) is 10.9 Å². The van der Waals surface area contributed by atoms with Crippen molar-refractivity contribution in [2.45, 2.75) is 18.9 Å². The molecule has 0 aliphatic carbocycles. The van der Waals surface area contributed by atoms with Crippen LogP contribution in [0.2, 0.25) is 0 Å². The number of carbonyl (C=O) groups excluding carboxylic acids is 1. The van der Waals surface area contributed by atoms with Gasteiger partial charge in [-0.2, -0.15) is 0 Å². The lowest BCUT2D eigenvalue weighted by molar-refractivity contribution is -0.138. The van der Waals surface area contributed by atoms with Gasteiger partial charge in [0.1, 0.15) is 6.61 Å². The van der Waals surface area contributed by atoms with Crippen molar-refractivity contribution in [1.29, 1.82) is 0 Å². The molecule has 1 amide bonds. The summed E-state index contributed by atoms with van der Waals surface area (Å²) in [5.41, 5.74) is 4.57. The number of nitrogens with one attached hydrogen (secondary N) is 1. The van der Waals surface area contributed by atoms with Crippen molar-refractivity contribution < 1.29 is 19.0 Å². The Morgan fingerprint density at radius 3 is 2.66 bits per heavy atom. The van der Waals surface area contributed by atoms with E-state index in [0.717, 1.165) is 17.5 Å². The Balaban J connectivity index is 1.78. The van der Waals surface area contributed by atoms with Crippen molar-refractivity contribution in [2.75, 3.05) is 34.5 Å². The topological polar surface area (TPSA) is 63.8 Å². The molecule has 0 spiro atoms. The minimum atomic E-state index is -0.0968. The van der Waals surface area contributed by atoms with Crippen LogP contribution in [-0.4, -0.2) is 50.3 Å². The van der Waals surface area contributed by atoms with Crippen LogP contribution < -0.4 is 9.47 Å². The largest absolute Gasteiger partial charge is 0.493 e. The maximum Gasteiger partial charge on any atom is 0.249 e. The summed E-state index contributed by atoms with van der Waals surface area (Å²) in [6.07, 6.45) is 3.52. The summed E-state index contributed by atoms with van der Waals surface area (Å²) >= 11 is 0. The molecule has 6 heteroatoms. The quantitative estimate of drug-likeness (QED) is 0.695. The molecule has 0 saturated carbocycles. The number of benzene rings is 2. The molecule has 0 fully saturated rings. The van der Waals surface area contributed by atoms with Gasteiger partial charge in [-0.1, -0.05) is 18.2 Å². The van der Waals surface area contributed by atoms with Gasteiger partial charge in [0.2, 0.25) is 5.91 Å². The van der Waals surface area contributed by atoms with E-state index in [0.29, 0.717) is 24.5 Å². The lowest BCUT2D eigenvalue weighted by Gasteiger charge is -2.38. The highest BCUT2D eigenvalue weighted by molar-refractivity contribution is 5.83. The second-order valence-electron chi connectivity index (χ2n) is 7.26. The number of para-hydroxylation sites is 1. The number of amides is 1. The van der Waals surface area contributed by atoms with Crippen LogP contribution >= 0.6 is 0 Å². The number of hydrogen-bond donors (Lipinski definition) is 1. The highest BCUT2D eigenvalue weighted by Gasteiger charge is 2.32. The lowest BCUT2D eigenvalue weighted by atomic mass is 9.88. The Labute approximate surface area is 170 Å². The van der Waals surface area contributed by atoms with Crippen LogP contribution in [0, 0.1) is 0 Å². The molecule has 0 saturated heterocycles. The molecule has 4 rings (SSSR count). The van der Waals surface area contributed by atoms with Gasteiger partial charge in [-0.25, -0.2) is 0 Å². The van der Waals surface area contributed by atoms with Crippen LogP contribution in [0.1, 0.15) is 22.7 Å². The molecule has 2 heterocycles. The van der Waals surface area contributed by atoms with E-state index in [9.17, 15) is 4.79 Å². The minimum absolute atomic E-state index is 0.00206. The van der Waals surface area contributed by atoms with Crippen LogP contribution in [0.5, 0.6) is 11.5 Å². The Hall–Kier alpha value is -2.99. The summed E-state index contributed by atoms with van der Waals surface area (Å²) in [4.78, 5) is 18.1. The molecule has 1 atom stereocenters. The Kier molecular flexibility index (Phi) is 5.45. The van der Waals surface area contributed by atoms with Gasteiger partial charge in [-0.15, -0.1) is 0 Å². The summed E-state index contributed by atoms with van der Waals surface area (Å²) in [7, 11) is 4.83. The van der Waals surface area contributed by atoms with Crippen LogP contribution in [0.3, 0.4) is 0 Å². The van der Waals surface area contributed by atoms with Crippen molar-refractivity contribution in [3.05, 3.63) is 59.3 Å². The second kappa shape index (κ2) is 8.17. The van der Waals surface area contributed by atoms with Crippen molar-refractivity contribution in [1.82, 2.24) is 9.88 Å². The number of fused-ring (bicyclic) bond motifs is 2. The lowest BCUT2D eigenvalue weighted by Crippen LogP contribution is -2.42. The fraction of sp³-hybridized carbons (Fsp3) is 0.348. The second-order valence-corrected chi connectivity index (χ2v) is 7.26. The van der Waals surface area contributed by atoms with Crippen molar-refractivity contribution in [3.63, 3.8) is 0 Å². The van der Waals surface area contributed by atoms with E-state index in [2.05, 4.69) is 17.1 Å². The number of aromatic nitrogens is 1. The summed E-state index contributed by atoms with van der Waals surface area (Å²) < 4.78 is 16.2. The van der Waals surface area contributed by atoms with E-state index in [-0.39, 0.29) is 18.6 Å². The fourth-order valence-corrected chi connectivity index (χ4v) is 4.26. The van der Waals surface area contributed by atoms with Gasteiger partial charge >= 0.3 is 0 Å². The number of methoxy groups -OCH3 is 3. The van der Waals surface area contributed by atoms with E-state index in [1.165, 1.54) is 16.5 Å². The third-order valence-corrected chi connectivity index (χ3v) is 5.68. The molecule has 1 N–H and O–H groups in total. The third-order valence-electron chi connectivity index (χ3n) is 5.68. The molecule has 152 valence electrons. The summed E-state index contributed by atoms with van der Waals surface area (Å²) in [5.74, 6) is 1.39. The molecule has 1 aromatic heterocycles. The number of aromatic amines is 1. The first-order valence-corrected chi connectivity index (χ1v) is 9.74. The average Bonchev–Trinajstić information content (AvgIpc) is 3.16. The first-order chi connectivity index (χ1) is 14.2. The van der Waals surface area contributed by atoms with E-state index in [4.69, 9.17) is 14.2 Å². The highest BCUT2D eigenvalue weighted by Crippen LogP contribution is 2.40. The molecular formula is C23H26N2O4. The molecule has 29 heavy (non-hydrogen) atoms. The number of hydrogen-bond acceptors (Lipinski definition) is 4. The van der Waals surface area contributed by atoms with Gasteiger partial charge in [0.25, 0.3) is 0 Å². The van der Waals surface area contributed by atoms with Crippen molar-refractivity contribution in [3.8, 4) is 11.5 Å². The molecule has 1 aliphatic rings. The molecule has 0 unspecified atom stereocenters. The van der Waals surface area contributed by atoms with Gasteiger partial charge in [0, 0.05) is 30.8 Å². The maximum atomic E-state index is 12.8. The molecule has 6 nitrogen and oxygen atoms in total. The summed E-state index contributed by atoms with van der Waals surface area (Å²) in [6, 6.07) is 12.2. The molecule has 2 aromatic carbocycles. The minimum Gasteiger partial charge on any atom is -0.493 e. The van der Waals surface area contributed by atoms with Gasteiger partial charge in [-0.05, 0) is 47.7 Å². The summed E-state index contributed by atoms with van der Waals surface area (Å²) in [5, 5.41) is 1.18. The van der Waals surface area contributed by atoms with E-state index in [1.54, 1.807) is 21.3 Å². The molecule has 3 aromatic rings. The molecular weight excluding hydrogens is 368 g/mol. The van der Waals surface area contributed by atoms with Gasteiger partial charge in [0.05, 0.1) is 20.3 Å². The zero-order valence-corrected chi connectivity index (χ0v) is 17.0. The van der Waals surface area contributed by atoms with Crippen LogP contribution in [0.4, 0.5) is 0 Å². The standard InChI is InChI=1S/C23H26N2O4/c1-27-14-23(26)25-9-8-15-11-21(28-2)22(29-3)12-18(15)20(25)10-16-13-24-19-7-5-4-6-17(16)19/h4-7,11-13,20,24H,8-10,14H2,1-3H3/t20-/m0/s1. The van der Waals surface area contributed by atoms with Gasteiger partial charge < -0.3 is 24.1 Å². The molecule has 1 aliphatic heterocycles. The first kappa shape index (κ1) is 19.3. The van der Waals surface area contributed by atoms with Crippen molar-refractivity contribution >= 4 is 16.8 Å². The number of H-pyrrole nitrogens is 1. The summed E-state index contributed by atoms with van der Waals surface area (Å²) in [6.45, 7) is 0.727. The first-order valence-electron chi connectivity index (χ1n) is 9.74. The fourth-order valence-electron chi connectivity index (χ4n) is 4.26. The van der Waals surface area contributed by atoms with E-state index < -0.39 is 0 Å². The normalized spacial score (nSPS) is 16.0. The van der Waals surface area contributed by atoms with E-state index >= 15 is 0 Å². The van der Waals surface area contributed by atoms with Crippen molar-refractivity contribution in [2.24, 2.45) is 0 Å². The zero-order valence-electron chi connectivity index (χ0n) is 17.0. The predicted molar refractivity (Wildman–Crippen MR) is 112 cm³/mol. The Morgan fingerprint density at radius 1 is 1.14 bits per heavy atom. The maximum absolute atomic E-state index is 12.8. The Bertz CT molecular complexity index is 1030. The average molecular weight is 394 g/mol. The van der Waals surface area contributed by atoms with E-state index in [1.807, 2.05) is 35.4 Å². The number of nitrogens with zero attached hydrogens (tertiary/aromatic N) is 1. The molecule has 0 bridgehead atoms. The van der Waals surface area contributed by atoms with Crippen LogP contribution in [0.15, 0.2) is 42.6 Å². The van der Waals surface area contributed by atoms with Crippen LogP contribution in [-0.2, 0) is 22.4 Å². The predicted octanol–water partition coefficient (Wildman–Crippen LogP) is 3.50. The Morgan fingerprint density at radius 2 is 1.90 bits per heavy atom. The SMILES string of the molecule is COCC(=O)N1CCc2cc(OC)c(OC)cc2[C@@H]1Cc1c[nH]c2ccccc12. The third kappa shape index (κ3) is 3.56.